The van der Waals surface area contributed by atoms with Crippen LogP contribution in [-0.2, 0) is 0 Å². The van der Waals surface area contributed by atoms with Gasteiger partial charge < -0.3 is 15.2 Å². The van der Waals surface area contributed by atoms with Crippen molar-refractivity contribution in [1.29, 1.82) is 0 Å². The Bertz CT molecular complexity index is 655. The number of nitrogens with zero attached hydrogens (tertiary/aromatic N) is 1. The Labute approximate surface area is 115 Å². The van der Waals surface area contributed by atoms with Crippen molar-refractivity contribution in [3.05, 3.63) is 53.9 Å². The normalized spacial score (nSPS) is 9.85. The summed E-state index contributed by atoms with van der Waals surface area (Å²) in [6.45, 7) is 0. The number of anilines is 1. The summed E-state index contributed by atoms with van der Waals surface area (Å²) in [7, 11) is 1.51. The van der Waals surface area contributed by atoms with Crippen LogP contribution in [0.5, 0.6) is 5.75 Å². The number of hydrogen-bond donors (Lipinski definition) is 2. The molecule has 1 heterocycles. The Morgan fingerprint density at radius 1 is 1.25 bits per heavy atom. The zero-order valence-corrected chi connectivity index (χ0v) is 10.7. The molecule has 0 saturated heterocycles. The van der Waals surface area contributed by atoms with E-state index < -0.39 is 5.97 Å². The molecule has 2 N–H and O–H groups in total. The third kappa shape index (κ3) is 3.11. The van der Waals surface area contributed by atoms with E-state index in [9.17, 15) is 9.59 Å². The highest BCUT2D eigenvalue weighted by Crippen LogP contribution is 2.15. The monoisotopic (exact) mass is 272 g/mol. The number of amides is 1. The number of aromatic nitrogens is 1. The van der Waals surface area contributed by atoms with Gasteiger partial charge in [0, 0.05) is 17.4 Å². The van der Waals surface area contributed by atoms with Crippen LogP contribution in [0.25, 0.3) is 0 Å². The van der Waals surface area contributed by atoms with Crippen LogP contribution in [0.3, 0.4) is 0 Å². The largest absolute Gasteiger partial charge is 0.497 e. The molecule has 102 valence electrons. The van der Waals surface area contributed by atoms with Crippen molar-refractivity contribution in [2.75, 3.05) is 12.4 Å². The fourth-order valence-electron chi connectivity index (χ4n) is 1.59. The summed E-state index contributed by atoms with van der Waals surface area (Å²) < 4.78 is 5.04. The van der Waals surface area contributed by atoms with Gasteiger partial charge in [-0.1, -0.05) is 6.07 Å². The molecule has 0 atom stereocenters. The number of nitrogens with one attached hydrogen (secondary N) is 1. The van der Waals surface area contributed by atoms with Crippen LogP contribution < -0.4 is 10.1 Å². The number of carbonyl (C=O) groups excluding carboxylic acids is 1. The maximum atomic E-state index is 12.0. The molecule has 0 radical (unpaired) electrons. The molecule has 0 bridgehead atoms. The smallest absolute Gasteiger partial charge is 0.354 e. The standard InChI is InChI=1S/C14H12N2O4/c1-20-11-4-2-3-9(7-11)13(17)16-10-5-6-15-12(8-10)14(18)19/h2-8H,1H3,(H,18,19)(H,15,16,17). The first-order valence-electron chi connectivity index (χ1n) is 5.75. The zero-order chi connectivity index (χ0) is 14.5. The average Bonchev–Trinajstić information content (AvgIpc) is 2.47. The number of aromatic carboxylic acids is 1. The van der Waals surface area contributed by atoms with Gasteiger partial charge in [0.15, 0.2) is 0 Å². The molecule has 20 heavy (non-hydrogen) atoms. The van der Waals surface area contributed by atoms with Gasteiger partial charge in [0.05, 0.1) is 7.11 Å². The Morgan fingerprint density at radius 2 is 2.05 bits per heavy atom. The van der Waals surface area contributed by atoms with E-state index in [2.05, 4.69) is 10.3 Å². The predicted molar refractivity (Wildman–Crippen MR) is 72.1 cm³/mol. The van der Waals surface area contributed by atoms with Crippen molar-refractivity contribution in [3.8, 4) is 5.75 Å². The lowest BCUT2D eigenvalue weighted by molar-refractivity contribution is 0.0690. The van der Waals surface area contributed by atoms with E-state index in [1.165, 1.54) is 25.4 Å². The van der Waals surface area contributed by atoms with Gasteiger partial charge in [0.1, 0.15) is 11.4 Å². The SMILES string of the molecule is COc1cccc(C(=O)Nc2ccnc(C(=O)O)c2)c1. The molecule has 1 aromatic heterocycles. The number of rotatable bonds is 4. The maximum absolute atomic E-state index is 12.0. The molecule has 0 aliphatic heterocycles. The highest BCUT2D eigenvalue weighted by atomic mass is 16.5. The summed E-state index contributed by atoms with van der Waals surface area (Å²) in [4.78, 5) is 26.5. The van der Waals surface area contributed by atoms with Crippen molar-refractivity contribution >= 4 is 17.6 Å². The van der Waals surface area contributed by atoms with Crippen molar-refractivity contribution in [2.24, 2.45) is 0 Å². The Kier molecular flexibility index (Phi) is 3.95. The molecule has 0 spiro atoms. The molecule has 1 aromatic carbocycles. The molecule has 2 aromatic rings. The number of hydrogen-bond acceptors (Lipinski definition) is 4. The van der Waals surface area contributed by atoms with E-state index in [0.29, 0.717) is 17.0 Å². The Morgan fingerprint density at radius 3 is 2.75 bits per heavy atom. The number of methoxy groups -OCH3 is 1. The van der Waals surface area contributed by atoms with E-state index in [-0.39, 0.29) is 11.6 Å². The Hall–Kier alpha value is -2.89. The second-order valence-corrected chi connectivity index (χ2v) is 3.92. The van der Waals surface area contributed by atoms with Crippen molar-refractivity contribution in [1.82, 2.24) is 4.98 Å². The number of carboxylic acid groups (broad SMARTS) is 1. The summed E-state index contributed by atoms with van der Waals surface area (Å²) >= 11 is 0. The van der Waals surface area contributed by atoms with Crippen LogP contribution in [0.15, 0.2) is 42.6 Å². The lowest BCUT2D eigenvalue weighted by Gasteiger charge is -2.07. The zero-order valence-electron chi connectivity index (χ0n) is 10.7. The first-order chi connectivity index (χ1) is 9.60. The highest BCUT2D eigenvalue weighted by molar-refractivity contribution is 6.04. The summed E-state index contributed by atoms with van der Waals surface area (Å²) in [5.41, 5.74) is 0.650. The van der Waals surface area contributed by atoms with Crippen LogP contribution in [0.4, 0.5) is 5.69 Å². The van der Waals surface area contributed by atoms with Crippen LogP contribution in [-0.4, -0.2) is 29.1 Å². The fourth-order valence-corrected chi connectivity index (χ4v) is 1.59. The third-order valence-corrected chi connectivity index (χ3v) is 2.57. The fraction of sp³-hybridized carbons (Fsp3) is 0.0714. The highest BCUT2D eigenvalue weighted by Gasteiger charge is 2.09. The van der Waals surface area contributed by atoms with E-state index in [4.69, 9.17) is 9.84 Å². The molecule has 2 rings (SSSR count). The van der Waals surface area contributed by atoms with Gasteiger partial charge in [-0.2, -0.15) is 0 Å². The average molecular weight is 272 g/mol. The maximum Gasteiger partial charge on any atom is 0.354 e. The van der Waals surface area contributed by atoms with E-state index in [1.807, 2.05) is 0 Å². The summed E-state index contributed by atoms with van der Waals surface area (Å²) in [5.74, 6) is -0.937. The quantitative estimate of drug-likeness (QED) is 0.889. The van der Waals surface area contributed by atoms with Gasteiger partial charge in [-0.3, -0.25) is 4.79 Å². The molecule has 0 saturated carbocycles. The number of pyridine rings is 1. The minimum Gasteiger partial charge on any atom is -0.497 e. The second-order valence-electron chi connectivity index (χ2n) is 3.92. The van der Waals surface area contributed by atoms with E-state index in [0.717, 1.165) is 0 Å². The first-order valence-corrected chi connectivity index (χ1v) is 5.75. The number of carbonyl (C=O) groups is 2. The van der Waals surface area contributed by atoms with Crippen molar-refractivity contribution in [3.63, 3.8) is 0 Å². The molecule has 0 fully saturated rings. The molecule has 1 amide bonds. The van der Waals surface area contributed by atoms with Crippen LogP contribution in [0, 0.1) is 0 Å². The van der Waals surface area contributed by atoms with E-state index >= 15 is 0 Å². The third-order valence-electron chi connectivity index (χ3n) is 2.57. The first kappa shape index (κ1) is 13.5. The minimum absolute atomic E-state index is 0.131. The molecule has 0 aliphatic carbocycles. The summed E-state index contributed by atoms with van der Waals surface area (Å²) in [5, 5.41) is 11.4. The molecular weight excluding hydrogens is 260 g/mol. The summed E-state index contributed by atoms with van der Waals surface area (Å²) in [6.07, 6.45) is 1.32. The molecule has 6 nitrogen and oxygen atoms in total. The molecule has 6 heteroatoms. The van der Waals surface area contributed by atoms with Gasteiger partial charge in [-0.15, -0.1) is 0 Å². The topological polar surface area (TPSA) is 88.5 Å². The predicted octanol–water partition coefficient (Wildman–Crippen LogP) is 2.04. The molecular formula is C14H12N2O4. The van der Waals surface area contributed by atoms with Crippen LogP contribution >= 0.6 is 0 Å². The van der Waals surface area contributed by atoms with Crippen LogP contribution in [0.2, 0.25) is 0 Å². The second kappa shape index (κ2) is 5.83. The van der Waals surface area contributed by atoms with Crippen molar-refractivity contribution in [2.45, 2.75) is 0 Å². The van der Waals surface area contributed by atoms with Gasteiger partial charge >= 0.3 is 5.97 Å². The molecule has 0 unspecified atom stereocenters. The van der Waals surface area contributed by atoms with Gasteiger partial charge in [-0.05, 0) is 30.3 Å². The van der Waals surface area contributed by atoms with Gasteiger partial charge in [0.25, 0.3) is 5.91 Å². The minimum atomic E-state index is -1.15. The molecule has 0 aliphatic rings. The lowest BCUT2D eigenvalue weighted by Crippen LogP contribution is -2.12. The van der Waals surface area contributed by atoms with Gasteiger partial charge in [-0.25, -0.2) is 9.78 Å². The lowest BCUT2D eigenvalue weighted by atomic mass is 10.2. The van der Waals surface area contributed by atoms with Crippen molar-refractivity contribution < 1.29 is 19.4 Å². The number of ether oxygens (including phenoxy) is 1. The Balaban J connectivity index is 2.18. The summed E-state index contributed by atoms with van der Waals surface area (Å²) in [6, 6.07) is 9.46. The van der Waals surface area contributed by atoms with Crippen LogP contribution in [0.1, 0.15) is 20.8 Å². The van der Waals surface area contributed by atoms with E-state index in [1.54, 1.807) is 24.3 Å². The number of benzene rings is 1. The van der Waals surface area contributed by atoms with Gasteiger partial charge in [0.2, 0.25) is 0 Å². The number of carboxylic acids is 1.